The summed E-state index contributed by atoms with van der Waals surface area (Å²) in [5.74, 6) is 2.71. The number of cyclic esters (lactones) is 1. The number of pyridine rings is 1. The fraction of sp³-hybridized carbons (Fsp3) is 0.400. The van der Waals surface area contributed by atoms with Crippen LogP contribution in [-0.4, -0.2) is 60.0 Å². The molecule has 1 N–H and O–H groups in total. The Hall–Kier alpha value is -2.32. The van der Waals surface area contributed by atoms with Gasteiger partial charge in [0.15, 0.2) is 0 Å². The number of ether oxygens (including phenoxy) is 1. The molecule has 2 saturated heterocycles. The first kappa shape index (κ1) is 19.0. The van der Waals surface area contributed by atoms with Crippen LogP contribution in [-0.2, 0) is 4.74 Å². The van der Waals surface area contributed by atoms with E-state index in [1.165, 1.54) is 11.0 Å². The van der Waals surface area contributed by atoms with E-state index in [-0.39, 0.29) is 13.2 Å². The van der Waals surface area contributed by atoms with Crippen LogP contribution < -0.4 is 9.80 Å². The van der Waals surface area contributed by atoms with Crippen LogP contribution in [0.2, 0.25) is 0 Å². The summed E-state index contributed by atoms with van der Waals surface area (Å²) < 4.78 is 19.8. The molecule has 1 aromatic heterocycles. The van der Waals surface area contributed by atoms with E-state index in [2.05, 4.69) is 9.88 Å². The number of amides is 1. The molecule has 4 rings (SSSR count). The van der Waals surface area contributed by atoms with E-state index in [0.717, 1.165) is 36.0 Å². The van der Waals surface area contributed by atoms with Crippen molar-refractivity contribution in [2.75, 3.05) is 47.5 Å². The van der Waals surface area contributed by atoms with Gasteiger partial charge >= 0.3 is 6.09 Å². The van der Waals surface area contributed by atoms with Crippen molar-refractivity contribution in [1.29, 1.82) is 0 Å². The van der Waals surface area contributed by atoms with Crippen molar-refractivity contribution < 1.29 is 19.0 Å². The fourth-order valence-corrected chi connectivity index (χ4v) is 4.46. The molecule has 2 aliphatic rings. The maximum absolute atomic E-state index is 14.8. The van der Waals surface area contributed by atoms with Crippen LogP contribution in [0.4, 0.5) is 20.7 Å². The first-order valence-corrected chi connectivity index (χ1v) is 10.4. The van der Waals surface area contributed by atoms with Gasteiger partial charge in [0.2, 0.25) is 0 Å². The highest BCUT2D eigenvalue weighted by Gasteiger charge is 2.32. The van der Waals surface area contributed by atoms with Gasteiger partial charge < -0.3 is 14.7 Å². The SMILES string of the molecule is Cc1cc(-c2ccc(N3C[C@H](CO)OC3=O)cc2F)cnc1N1CCSCC1. The number of hydrogen-bond donors (Lipinski definition) is 1. The van der Waals surface area contributed by atoms with E-state index >= 15 is 0 Å². The van der Waals surface area contributed by atoms with Gasteiger partial charge in [-0.1, -0.05) is 0 Å². The zero-order chi connectivity index (χ0) is 19.7. The molecule has 2 aromatic rings. The topological polar surface area (TPSA) is 65.9 Å². The van der Waals surface area contributed by atoms with E-state index in [4.69, 9.17) is 9.84 Å². The van der Waals surface area contributed by atoms with E-state index < -0.39 is 18.0 Å². The van der Waals surface area contributed by atoms with Crippen molar-refractivity contribution >= 4 is 29.4 Å². The Labute approximate surface area is 167 Å². The standard InChI is InChI=1S/C20H22FN3O3S/c1-13-8-14(10-22-19(13)23-4-6-28-7-5-23)17-3-2-15(9-18(17)21)24-11-16(12-25)27-20(24)26/h2-3,8-10,16,25H,4-7,11-12H2,1H3/t16-/m1/s1. The van der Waals surface area contributed by atoms with Gasteiger partial charge in [0.05, 0.1) is 18.8 Å². The van der Waals surface area contributed by atoms with Crippen molar-refractivity contribution in [2.24, 2.45) is 0 Å². The molecule has 148 valence electrons. The number of aromatic nitrogens is 1. The van der Waals surface area contributed by atoms with Gasteiger partial charge in [-0.15, -0.1) is 0 Å². The number of nitrogens with zero attached hydrogens (tertiary/aromatic N) is 3. The van der Waals surface area contributed by atoms with E-state index in [1.807, 2.05) is 24.8 Å². The van der Waals surface area contributed by atoms with Crippen molar-refractivity contribution in [3.8, 4) is 11.1 Å². The summed E-state index contributed by atoms with van der Waals surface area (Å²) in [5, 5.41) is 9.15. The second-order valence-corrected chi connectivity index (χ2v) is 8.15. The molecule has 0 spiro atoms. The Kier molecular flexibility index (Phi) is 5.41. The molecule has 2 fully saturated rings. The Morgan fingerprint density at radius 2 is 2.11 bits per heavy atom. The zero-order valence-corrected chi connectivity index (χ0v) is 16.4. The maximum atomic E-state index is 14.8. The number of anilines is 2. The van der Waals surface area contributed by atoms with Crippen LogP contribution in [0.1, 0.15) is 5.56 Å². The molecule has 1 atom stereocenters. The average Bonchev–Trinajstić information content (AvgIpc) is 3.09. The van der Waals surface area contributed by atoms with Crippen LogP contribution >= 0.6 is 11.8 Å². The second-order valence-electron chi connectivity index (χ2n) is 6.93. The third-order valence-corrected chi connectivity index (χ3v) is 5.96. The number of aliphatic hydroxyl groups excluding tert-OH is 1. The van der Waals surface area contributed by atoms with Crippen molar-refractivity contribution in [3.05, 3.63) is 41.8 Å². The number of aryl methyl sites for hydroxylation is 1. The first-order valence-electron chi connectivity index (χ1n) is 9.25. The first-order chi connectivity index (χ1) is 13.6. The molecule has 0 saturated carbocycles. The molecule has 6 nitrogen and oxygen atoms in total. The van der Waals surface area contributed by atoms with Gasteiger partial charge in [0.25, 0.3) is 0 Å². The minimum absolute atomic E-state index is 0.206. The summed E-state index contributed by atoms with van der Waals surface area (Å²) in [6, 6.07) is 6.61. The summed E-state index contributed by atoms with van der Waals surface area (Å²) in [4.78, 5) is 20.1. The van der Waals surface area contributed by atoms with Gasteiger partial charge in [-0.2, -0.15) is 11.8 Å². The Bertz CT molecular complexity index is 889. The van der Waals surface area contributed by atoms with Gasteiger partial charge in [0, 0.05) is 41.9 Å². The molecule has 0 unspecified atom stereocenters. The highest BCUT2D eigenvalue weighted by atomic mass is 32.2. The molecule has 3 heterocycles. The van der Waals surface area contributed by atoms with E-state index in [9.17, 15) is 9.18 Å². The highest BCUT2D eigenvalue weighted by Crippen LogP contribution is 2.31. The lowest BCUT2D eigenvalue weighted by Gasteiger charge is -2.28. The van der Waals surface area contributed by atoms with Crippen LogP contribution in [0.3, 0.4) is 0 Å². The predicted molar refractivity (Wildman–Crippen MR) is 109 cm³/mol. The number of benzene rings is 1. The summed E-state index contributed by atoms with van der Waals surface area (Å²) in [5.41, 5.74) is 2.57. The summed E-state index contributed by atoms with van der Waals surface area (Å²) >= 11 is 1.94. The molecular formula is C20H22FN3O3S. The number of halogens is 1. The van der Waals surface area contributed by atoms with Crippen LogP contribution in [0.25, 0.3) is 11.1 Å². The number of thioether (sulfide) groups is 1. The average molecular weight is 403 g/mol. The number of rotatable bonds is 4. The number of aliphatic hydroxyl groups is 1. The van der Waals surface area contributed by atoms with Crippen molar-refractivity contribution in [1.82, 2.24) is 4.98 Å². The predicted octanol–water partition coefficient (Wildman–Crippen LogP) is 3.07. The molecule has 0 aliphatic carbocycles. The Balaban J connectivity index is 1.58. The molecule has 2 aliphatic heterocycles. The maximum Gasteiger partial charge on any atom is 0.414 e. The van der Waals surface area contributed by atoms with Crippen molar-refractivity contribution in [2.45, 2.75) is 13.0 Å². The number of carbonyl (C=O) groups excluding carboxylic acids is 1. The number of carbonyl (C=O) groups is 1. The lowest BCUT2D eigenvalue weighted by molar-refractivity contribution is 0.0963. The number of hydrogen-bond acceptors (Lipinski definition) is 6. The molecule has 8 heteroatoms. The van der Waals surface area contributed by atoms with Crippen LogP contribution in [0.15, 0.2) is 30.5 Å². The quantitative estimate of drug-likeness (QED) is 0.847. The lowest BCUT2D eigenvalue weighted by Crippen LogP contribution is -2.33. The van der Waals surface area contributed by atoms with Gasteiger partial charge in [-0.3, -0.25) is 4.90 Å². The van der Waals surface area contributed by atoms with Crippen molar-refractivity contribution in [3.63, 3.8) is 0 Å². The Morgan fingerprint density at radius 3 is 2.75 bits per heavy atom. The smallest absolute Gasteiger partial charge is 0.414 e. The third-order valence-electron chi connectivity index (χ3n) is 5.01. The zero-order valence-electron chi connectivity index (χ0n) is 15.6. The highest BCUT2D eigenvalue weighted by molar-refractivity contribution is 7.99. The van der Waals surface area contributed by atoms with Gasteiger partial charge in [-0.25, -0.2) is 14.2 Å². The fourth-order valence-electron chi connectivity index (χ4n) is 3.55. The lowest BCUT2D eigenvalue weighted by atomic mass is 10.0. The van der Waals surface area contributed by atoms with Crippen LogP contribution in [0, 0.1) is 12.7 Å². The summed E-state index contributed by atoms with van der Waals surface area (Å²) in [6.07, 6.45) is 0.546. The van der Waals surface area contributed by atoms with Gasteiger partial charge in [-0.05, 0) is 36.8 Å². The monoisotopic (exact) mass is 403 g/mol. The third kappa shape index (κ3) is 3.66. The minimum atomic E-state index is -0.581. The molecule has 0 radical (unpaired) electrons. The molecule has 0 bridgehead atoms. The van der Waals surface area contributed by atoms with E-state index in [0.29, 0.717) is 16.8 Å². The second kappa shape index (κ2) is 7.97. The molecule has 28 heavy (non-hydrogen) atoms. The Morgan fingerprint density at radius 1 is 1.32 bits per heavy atom. The molecule has 1 aromatic carbocycles. The normalized spacial score (nSPS) is 19.8. The molecular weight excluding hydrogens is 381 g/mol. The summed E-state index contributed by atoms with van der Waals surface area (Å²) in [7, 11) is 0. The summed E-state index contributed by atoms with van der Waals surface area (Å²) in [6.45, 7) is 3.89. The van der Waals surface area contributed by atoms with E-state index in [1.54, 1.807) is 18.3 Å². The molecule has 1 amide bonds. The largest absolute Gasteiger partial charge is 0.441 e. The van der Waals surface area contributed by atoms with Crippen LogP contribution in [0.5, 0.6) is 0 Å². The van der Waals surface area contributed by atoms with Gasteiger partial charge in [0.1, 0.15) is 17.7 Å². The minimum Gasteiger partial charge on any atom is -0.441 e.